The molecule has 0 aliphatic carbocycles. The maximum atomic E-state index is 11.4. The van der Waals surface area contributed by atoms with Crippen LogP contribution >= 0.6 is 0 Å². The number of carbonyl (C=O) groups is 2. The van der Waals surface area contributed by atoms with Gasteiger partial charge in [-0.05, 0) is 19.1 Å². The van der Waals surface area contributed by atoms with Crippen molar-refractivity contribution < 1.29 is 19.4 Å². The first-order chi connectivity index (χ1) is 7.97. The van der Waals surface area contributed by atoms with Crippen molar-refractivity contribution in [3.63, 3.8) is 0 Å². The fourth-order valence-electron chi connectivity index (χ4n) is 1.15. The monoisotopic (exact) mass is 235 g/mol. The van der Waals surface area contributed by atoms with Crippen LogP contribution < -0.4 is 5.32 Å². The number of phenolic OH excluding ortho intramolecular Hbond substituents is 1. The average molecular weight is 235 g/mol. The van der Waals surface area contributed by atoms with Crippen molar-refractivity contribution in [3.05, 3.63) is 35.9 Å². The predicted octanol–water partition coefficient (Wildman–Crippen LogP) is 1.69. The van der Waals surface area contributed by atoms with Crippen LogP contribution in [0.1, 0.15) is 17.3 Å². The van der Waals surface area contributed by atoms with Crippen molar-refractivity contribution in [1.82, 2.24) is 0 Å². The summed E-state index contributed by atoms with van der Waals surface area (Å²) in [5.41, 5.74) is 0.431. The summed E-state index contributed by atoms with van der Waals surface area (Å²) in [6, 6.07) is 4.40. The summed E-state index contributed by atoms with van der Waals surface area (Å²) in [4.78, 5) is 22.7. The summed E-state index contributed by atoms with van der Waals surface area (Å²) >= 11 is 0. The Hall–Kier alpha value is -2.30. The molecule has 5 heteroatoms. The van der Waals surface area contributed by atoms with E-state index in [1.165, 1.54) is 32.2 Å². The normalized spacial score (nSPS) is 9.53. The van der Waals surface area contributed by atoms with Gasteiger partial charge in [0.15, 0.2) is 5.75 Å². The number of ether oxygens (including phenoxy) is 1. The van der Waals surface area contributed by atoms with Crippen LogP contribution in [0.3, 0.4) is 0 Å². The Morgan fingerprint density at radius 1 is 1.41 bits per heavy atom. The molecular weight excluding hydrogens is 222 g/mol. The number of para-hydroxylation sites is 1. The molecule has 0 unspecified atom stereocenters. The van der Waals surface area contributed by atoms with Crippen LogP contribution in [0.15, 0.2) is 30.4 Å². The van der Waals surface area contributed by atoms with Gasteiger partial charge in [0.2, 0.25) is 0 Å². The van der Waals surface area contributed by atoms with Crippen LogP contribution in [0.4, 0.5) is 5.69 Å². The Morgan fingerprint density at radius 2 is 2.06 bits per heavy atom. The van der Waals surface area contributed by atoms with Crippen LogP contribution in [0.2, 0.25) is 0 Å². The summed E-state index contributed by atoms with van der Waals surface area (Å²) < 4.78 is 4.50. The number of esters is 1. The van der Waals surface area contributed by atoms with Gasteiger partial charge in [0, 0.05) is 5.57 Å². The van der Waals surface area contributed by atoms with Gasteiger partial charge < -0.3 is 15.2 Å². The molecule has 17 heavy (non-hydrogen) atoms. The van der Waals surface area contributed by atoms with Gasteiger partial charge in [-0.25, -0.2) is 4.79 Å². The van der Waals surface area contributed by atoms with E-state index < -0.39 is 11.9 Å². The highest BCUT2D eigenvalue weighted by Crippen LogP contribution is 2.28. The maximum Gasteiger partial charge on any atom is 0.341 e. The second-order valence-corrected chi connectivity index (χ2v) is 3.43. The molecule has 0 radical (unpaired) electrons. The lowest BCUT2D eigenvalue weighted by Crippen LogP contribution is -2.13. The Morgan fingerprint density at radius 3 is 2.59 bits per heavy atom. The Kier molecular flexibility index (Phi) is 3.87. The third kappa shape index (κ3) is 2.84. The van der Waals surface area contributed by atoms with Crippen molar-refractivity contribution in [2.75, 3.05) is 12.4 Å². The van der Waals surface area contributed by atoms with Gasteiger partial charge in [-0.1, -0.05) is 12.6 Å². The van der Waals surface area contributed by atoms with Crippen molar-refractivity contribution in [2.45, 2.75) is 6.92 Å². The van der Waals surface area contributed by atoms with Crippen molar-refractivity contribution in [2.24, 2.45) is 0 Å². The highest BCUT2D eigenvalue weighted by atomic mass is 16.5. The zero-order valence-corrected chi connectivity index (χ0v) is 9.61. The van der Waals surface area contributed by atoms with E-state index in [2.05, 4.69) is 16.6 Å². The van der Waals surface area contributed by atoms with E-state index in [4.69, 9.17) is 0 Å². The molecule has 0 heterocycles. The summed E-state index contributed by atoms with van der Waals surface area (Å²) in [5, 5.41) is 12.2. The number of carbonyl (C=O) groups excluding carboxylic acids is 2. The summed E-state index contributed by atoms with van der Waals surface area (Å²) in [6.45, 7) is 5.01. The Balaban J connectivity index is 3.06. The zero-order valence-electron chi connectivity index (χ0n) is 9.61. The number of hydrogen-bond donors (Lipinski definition) is 2. The molecule has 5 nitrogen and oxygen atoms in total. The smallest absolute Gasteiger partial charge is 0.341 e. The van der Waals surface area contributed by atoms with Gasteiger partial charge in [-0.15, -0.1) is 0 Å². The van der Waals surface area contributed by atoms with Crippen molar-refractivity contribution >= 4 is 17.6 Å². The molecule has 0 bridgehead atoms. The molecule has 1 aromatic rings. The van der Waals surface area contributed by atoms with Gasteiger partial charge in [0.1, 0.15) is 5.56 Å². The van der Waals surface area contributed by atoms with Gasteiger partial charge in [0.25, 0.3) is 5.91 Å². The molecule has 0 atom stereocenters. The van der Waals surface area contributed by atoms with E-state index in [-0.39, 0.29) is 17.0 Å². The van der Waals surface area contributed by atoms with Crippen molar-refractivity contribution in [3.8, 4) is 5.75 Å². The lowest BCUT2D eigenvalue weighted by atomic mass is 10.1. The second-order valence-electron chi connectivity index (χ2n) is 3.43. The topological polar surface area (TPSA) is 75.6 Å². The molecule has 0 saturated heterocycles. The van der Waals surface area contributed by atoms with Gasteiger partial charge in [0.05, 0.1) is 12.8 Å². The number of benzene rings is 1. The quantitative estimate of drug-likeness (QED) is 0.475. The fraction of sp³-hybridized carbons (Fsp3) is 0.167. The molecule has 1 aromatic carbocycles. The Labute approximate surface area is 98.7 Å². The third-order valence-electron chi connectivity index (χ3n) is 2.08. The number of nitrogens with one attached hydrogen (secondary N) is 1. The molecule has 0 aromatic heterocycles. The molecule has 2 N–H and O–H groups in total. The van der Waals surface area contributed by atoms with Crippen LogP contribution in [0.5, 0.6) is 5.75 Å². The molecule has 0 aliphatic heterocycles. The third-order valence-corrected chi connectivity index (χ3v) is 2.08. The first kappa shape index (κ1) is 12.8. The fourth-order valence-corrected chi connectivity index (χ4v) is 1.15. The molecule has 0 fully saturated rings. The molecule has 0 saturated carbocycles. The SMILES string of the molecule is C=C(C)C(=O)Nc1cccc(C(=O)OC)c1O. The predicted molar refractivity (Wildman–Crippen MR) is 62.9 cm³/mol. The minimum Gasteiger partial charge on any atom is -0.505 e. The summed E-state index contributed by atoms with van der Waals surface area (Å²) in [5.74, 6) is -1.43. The molecule has 0 aliphatic rings. The highest BCUT2D eigenvalue weighted by Gasteiger charge is 2.15. The largest absolute Gasteiger partial charge is 0.505 e. The number of phenols is 1. The van der Waals surface area contributed by atoms with Crippen LogP contribution in [-0.4, -0.2) is 24.1 Å². The summed E-state index contributed by atoms with van der Waals surface area (Å²) in [6.07, 6.45) is 0. The van der Waals surface area contributed by atoms with Crippen molar-refractivity contribution in [1.29, 1.82) is 0 Å². The van der Waals surface area contributed by atoms with E-state index in [0.29, 0.717) is 5.57 Å². The van der Waals surface area contributed by atoms with E-state index in [0.717, 1.165) is 0 Å². The number of methoxy groups -OCH3 is 1. The van der Waals surface area contributed by atoms with Crippen LogP contribution in [0, 0.1) is 0 Å². The molecule has 90 valence electrons. The van der Waals surface area contributed by atoms with Gasteiger partial charge in [-0.2, -0.15) is 0 Å². The van der Waals surface area contributed by atoms with E-state index in [1.54, 1.807) is 0 Å². The van der Waals surface area contributed by atoms with Gasteiger partial charge >= 0.3 is 5.97 Å². The minimum absolute atomic E-state index is 0.00739. The number of rotatable bonds is 3. The molecular formula is C12H13NO4. The van der Waals surface area contributed by atoms with E-state index >= 15 is 0 Å². The van der Waals surface area contributed by atoms with E-state index in [1.807, 2.05) is 0 Å². The minimum atomic E-state index is -0.672. The lowest BCUT2D eigenvalue weighted by molar-refractivity contribution is -0.112. The van der Waals surface area contributed by atoms with Gasteiger partial charge in [-0.3, -0.25) is 4.79 Å². The van der Waals surface area contributed by atoms with Crippen LogP contribution in [0.25, 0.3) is 0 Å². The zero-order chi connectivity index (χ0) is 13.0. The number of amides is 1. The number of aromatic hydroxyl groups is 1. The first-order valence-corrected chi connectivity index (χ1v) is 4.84. The average Bonchev–Trinajstić information content (AvgIpc) is 2.30. The second kappa shape index (κ2) is 5.16. The van der Waals surface area contributed by atoms with Crippen LogP contribution in [-0.2, 0) is 9.53 Å². The first-order valence-electron chi connectivity index (χ1n) is 4.84. The van der Waals surface area contributed by atoms with E-state index in [9.17, 15) is 14.7 Å². The standard InChI is InChI=1S/C12H13NO4/c1-7(2)11(15)13-9-6-4-5-8(10(9)14)12(16)17-3/h4-6,14H,1H2,2-3H3,(H,13,15). The number of anilines is 1. The summed E-state index contributed by atoms with van der Waals surface area (Å²) in [7, 11) is 1.21. The lowest BCUT2D eigenvalue weighted by Gasteiger charge is -2.09. The maximum absolute atomic E-state index is 11.4. The molecule has 1 rings (SSSR count). The Bertz CT molecular complexity index is 479. The highest BCUT2D eigenvalue weighted by molar-refractivity contribution is 6.05. The molecule has 0 spiro atoms. The number of hydrogen-bond acceptors (Lipinski definition) is 4. The molecule has 1 amide bonds.